The quantitative estimate of drug-likeness (QED) is 0.683. The van der Waals surface area contributed by atoms with Crippen LogP contribution in [0.25, 0.3) is 0 Å². The van der Waals surface area contributed by atoms with Crippen molar-refractivity contribution in [2.75, 3.05) is 33.8 Å². The van der Waals surface area contributed by atoms with Crippen LogP contribution in [-0.4, -0.2) is 44.7 Å². The summed E-state index contributed by atoms with van der Waals surface area (Å²) < 4.78 is 5.17. The summed E-state index contributed by atoms with van der Waals surface area (Å²) in [5, 5.41) is 4.20. The predicted octanol–water partition coefficient (Wildman–Crippen LogP) is 3.20. The molecule has 1 aromatic rings. The second kappa shape index (κ2) is 8.28. The Labute approximate surface area is 138 Å². The van der Waals surface area contributed by atoms with Gasteiger partial charge >= 0.3 is 0 Å². The van der Waals surface area contributed by atoms with E-state index in [1.54, 1.807) is 7.11 Å². The van der Waals surface area contributed by atoms with E-state index in [9.17, 15) is 0 Å². The first kappa shape index (κ1) is 16.9. The summed E-state index contributed by atoms with van der Waals surface area (Å²) in [7, 11) is 3.50. The molecule has 0 aliphatic carbocycles. The van der Waals surface area contributed by atoms with Crippen LogP contribution in [0.15, 0.2) is 23.2 Å². The highest BCUT2D eigenvalue weighted by Crippen LogP contribution is 2.22. The molecule has 0 saturated carbocycles. The fraction of sp³-hybridized carbons (Fsp3) is 0.588. The normalized spacial score (nSPS) is 19.2. The molecule has 2 rings (SSSR count). The standard InChI is InChI=1S/C17H26ClN3O/c1-13-5-4-10-21(12-13)17(19-2)20-9-8-14-6-7-15(22-3)11-16(14)18/h6-7,11,13H,4-5,8-10,12H2,1-3H3,(H,19,20). The highest BCUT2D eigenvalue weighted by molar-refractivity contribution is 6.31. The molecule has 1 aromatic carbocycles. The molecule has 1 unspecified atom stereocenters. The van der Waals surface area contributed by atoms with Gasteiger partial charge in [-0.25, -0.2) is 0 Å². The average molecular weight is 324 g/mol. The zero-order valence-corrected chi connectivity index (χ0v) is 14.5. The van der Waals surface area contributed by atoms with Crippen LogP contribution in [0.4, 0.5) is 0 Å². The Morgan fingerprint density at radius 3 is 2.95 bits per heavy atom. The number of rotatable bonds is 4. The number of ether oxygens (including phenoxy) is 1. The number of piperidine rings is 1. The number of methoxy groups -OCH3 is 1. The maximum absolute atomic E-state index is 6.28. The van der Waals surface area contributed by atoms with E-state index in [-0.39, 0.29) is 0 Å². The van der Waals surface area contributed by atoms with Crippen molar-refractivity contribution in [3.05, 3.63) is 28.8 Å². The monoisotopic (exact) mass is 323 g/mol. The lowest BCUT2D eigenvalue weighted by Crippen LogP contribution is -2.46. The van der Waals surface area contributed by atoms with Crippen molar-refractivity contribution in [2.45, 2.75) is 26.2 Å². The van der Waals surface area contributed by atoms with Gasteiger partial charge in [0.1, 0.15) is 5.75 Å². The van der Waals surface area contributed by atoms with Crippen molar-refractivity contribution in [1.29, 1.82) is 0 Å². The van der Waals surface area contributed by atoms with Crippen LogP contribution in [0.3, 0.4) is 0 Å². The third-order valence-corrected chi connectivity index (χ3v) is 4.46. The second-order valence-electron chi connectivity index (χ2n) is 5.87. The number of aliphatic imine (C=N–C) groups is 1. The number of guanidine groups is 1. The summed E-state index contributed by atoms with van der Waals surface area (Å²) in [4.78, 5) is 6.76. The molecular weight excluding hydrogens is 298 g/mol. The van der Waals surface area contributed by atoms with Gasteiger partial charge in [-0.3, -0.25) is 4.99 Å². The molecule has 1 heterocycles. The van der Waals surface area contributed by atoms with Crippen LogP contribution < -0.4 is 10.1 Å². The lowest BCUT2D eigenvalue weighted by Gasteiger charge is -2.33. The Morgan fingerprint density at radius 2 is 2.32 bits per heavy atom. The van der Waals surface area contributed by atoms with Gasteiger partial charge in [0.2, 0.25) is 0 Å². The van der Waals surface area contributed by atoms with Crippen molar-refractivity contribution >= 4 is 17.6 Å². The first-order valence-electron chi connectivity index (χ1n) is 7.92. The zero-order chi connectivity index (χ0) is 15.9. The van der Waals surface area contributed by atoms with Crippen LogP contribution in [0.2, 0.25) is 5.02 Å². The minimum absolute atomic E-state index is 0.739. The van der Waals surface area contributed by atoms with Gasteiger partial charge in [0, 0.05) is 31.7 Å². The number of halogens is 1. The van der Waals surface area contributed by atoms with Crippen molar-refractivity contribution in [1.82, 2.24) is 10.2 Å². The molecule has 1 atom stereocenters. The molecule has 1 N–H and O–H groups in total. The molecule has 1 fully saturated rings. The Hall–Kier alpha value is -1.42. The number of hydrogen-bond acceptors (Lipinski definition) is 2. The summed E-state index contributed by atoms with van der Waals surface area (Å²) in [6.07, 6.45) is 3.42. The number of likely N-dealkylation sites (tertiary alicyclic amines) is 1. The van der Waals surface area contributed by atoms with Gasteiger partial charge in [-0.2, -0.15) is 0 Å². The van der Waals surface area contributed by atoms with E-state index in [1.807, 2.05) is 25.2 Å². The largest absolute Gasteiger partial charge is 0.497 e. The topological polar surface area (TPSA) is 36.9 Å². The maximum Gasteiger partial charge on any atom is 0.193 e. The van der Waals surface area contributed by atoms with Gasteiger partial charge in [0.25, 0.3) is 0 Å². The third kappa shape index (κ3) is 4.54. The number of nitrogens with one attached hydrogen (secondary N) is 1. The summed E-state index contributed by atoms with van der Waals surface area (Å²) in [6.45, 7) is 5.30. The van der Waals surface area contributed by atoms with E-state index in [0.29, 0.717) is 0 Å². The molecule has 0 spiro atoms. The van der Waals surface area contributed by atoms with Crippen LogP contribution >= 0.6 is 11.6 Å². The molecule has 122 valence electrons. The zero-order valence-electron chi connectivity index (χ0n) is 13.7. The Morgan fingerprint density at radius 1 is 1.50 bits per heavy atom. The SMILES string of the molecule is CN=C(NCCc1ccc(OC)cc1Cl)N1CCCC(C)C1. The van der Waals surface area contributed by atoms with E-state index < -0.39 is 0 Å². The van der Waals surface area contributed by atoms with E-state index >= 15 is 0 Å². The predicted molar refractivity (Wildman–Crippen MR) is 93.0 cm³/mol. The Bertz CT molecular complexity index is 519. The molecular formula is C17H26ClN3O. The highest BCUT2D eigenvalue weighted by Gasteiger charge is 2.18. The van der Waals surface area contributed by atoms with Gasteiger partial charge in [-0.15, -0.1) is 0 Å². The third-order valence-electron chi connectivity index (χ3n) is 4.11. The van der Waals surface area contributed by atoms with Gasteiger partial charge in [0.05, 0.1) is 7.11 Å². The van der Waals surface area contributed by atoms with Crippen LogP contribution in [0.1, 0.15) is 25.3 Å². The molecule has 1 saturated heterocycles. The van der Waals surface area contributed by atoms with Gasteiger partial charge in [0.15, 0.2) is 5.96 Å². The van der Waals surface area contributed by atoms with E-state index in [4.69, 9.17) is 16.3 Å². The molecule has 1 aliphatic heterocycles. The molecule has 0 radical (unpaired) electrons. The Kier molecular flexibility index (Phi) is 6.37. The Balaban J connectivity index is 1.86. The van der Waals surface area contributed by atoms with Crippen molar-refractivity contribution in [3.8, 4) is 5.75 Å². The van der Waals surface area contributed by atoms with E-state index in [2.05, 4.69) is 22.1 Å². The highest BCUT2D eigenvalue weighted by atomic mass is 35.5. The van der Waals surface area contributed by atoms with Crippen LogP contribution in [0.5, 0.6) is 5.75 Å². The molecule has 0 amide bonds. The van der Waals surface area contributed by atoms with Gasteiger partial charge in [-0.05, 0) is 42.9 Å². The first-order valence-corrected chi connectivity index (χ1v) is 8.30. The van der Waals surface area contributed by atoms with E-state index in [1.165, 1.54) is 12.8 Å². The summed E-state index contributed by atoms with van der Waals surface area (Å²) in [5.74, 6) is 2.53. The number of hydrogen-bond donors (Lipinski definition) is 1. The molecule has 4 nitrogen and oxygen atoms in total. The minimum Gasteiger partial charge on any atom is -0.497 e. The smallest absolute Gasteiger partial charge is 0.193 e. The first-order chi connectivity index (χ1) is 10.6. The summed E-state index contributed by atoms with van der Waals surface area (Å²) >= 11 is 6.28. The van der Waals surface area contributed by atoms with Crippen LogP contribution in [-0.2, 0) is 6.42 Å². The lowest BCUT2D eigenvalue weighted by molar-refractivity contribution is 0.266. The fourth-order valence-electron chi connectivity index (χ4n) is 2.88. The van der Waals surface area contributed by atoms with Crippen molar-refractivity contribution in [3.63, 3.8) is 0 Å². The maximum atomic E-state index is 6.28. The lowest BCUT2D eigenvalue weighted by atomic mass is 10.0. The van der Waals surface area contributed by atoms with E-state index in [0.717, 1.165) is 54.3 Å². The number of nitrogens with zero attached hydrogens (tertiary/aromatic N) is 2. The molecule has 5 heteroatoms. The molecule has 0 aromatic heterocycles. The van der Waals surface area contributed by atoms with Crippen molar-refractivity contribution < 1.29 is 4.74 Å². The second-order valence-corrected chi connectivity index (χ2v) is 6.28. The molecule has 1 aliphatic rings. The summed E-state index contributed by atoms with van der Waals surface area (Å²) in [5.41, 5.74) is 1.12. The number of benzene rings is 1. The fourth-order valence-corrected chi connectivity index (χ4v) is 3.15. The summed E-state index contributed by atoms with van der Waals surface area (Å²) in [6, 6.07) is 5.83. The molecule has 0 bridgehead atoms. The molecule has 22 heavy (non-hydrogen) atoms. The average Bonchev–Trinajstić information content (AvgIpc) is 2.52. The van der Waals surface area contributed by atoms with Gasteiger partial charge in [-0.1, -0.05) is 24.6 Å². The van der Waals surface area contributed by atoms with Crippen molar-refractivity contribution in [2.24, 2.45) is 10.9 Å². The van der Waals surface area contributed by atoms with Crippen LogP contribution in [0, 0.1) is 5.92 Å². The minimum atomic E-state index is 0.739. The van der Waals surface area contributed by atoms with Gasteiger partial charge < -0.3 is 15.0 Å².